The fourth-order valence-corrected chi connectivity index (χ4v) is 3.99. The van der Waals surface area contributed by atoms with E-state index in [2.05, 4.69) is 43.3 Å². The first-order valence-corrected chi connectivity index (χ1v) is 10.5. The number of piperidine rings is 2. The van der Waals surface area contributed by atoms with Gasteiger partial charge in [0.2, 0.25) is 5.95 Å². The van der Waals surface area contributed by atoms with E-state index in [0.29, 0.717) is 18.4 Å². The Morgan fingerprint density at radius 3 is 2.57 bits per heavy atom. The molecule has 0 aliphatic carbocycles. The number of aromatic amines is 2. The lowest BCUT2D eigenvalue weighted by molar-refractivity contribution is 0.408. The third kappa shape index (κ3) is 4.52. The summed E-state index contributed by atoms with van der Waals surface area (Å²) >= 11 is 0. The highest BCUT2D eigenvalue weighted by Crippen LogP contribution is 2.23. The van der Waals surface area contributed by atoms with Crippen molar-refractivity contribution in [1.82, 2.24) is 30.5 Å². The highest BCUT2D eigenvalue weighted by molar-refractivity contribution is 5.46. The van der Waals surface area contributed by atoms with Crippen LogP contribution in [0.1, 0.15) is 50.5 Å². The van der Waals surface area contributed by atoms with E-state index in [9.17, 15) is 4.79 Å². The fourth-order valence-electron chi connectivity index (χ4n) is 3.99. The van der Waals surface area contributed by atoms with Gasteiger partial charge in [0.15, 0.2) is 0 Å². The van der Waals surface area contributed by atoms with Gasteiger partial charge in [0.05, 0.1) is 6.54 Å². The summed E-state index contributed by atoms with van der Waals surface area (Å²) in [5.74, 6) is 2.61. The van der Waals surface area contributed by atoms with Crippen LogP contribution in [0.4, 0.5) is 11.8 Å². The van der Waals surface area contributed by atoms with Gasteiger partial charge in [-0.2, -0.15) is 10.1 Å². The molecule has 2 saturated heterocycles. The molecule has 2 aromatic heterocycles. The maximum atomic E-state index is 11.1. The van der Waals surface area contributed by atoms with E-state index in [0.717, 1.165) is 62.9 Å². The summed E-state index contributed by atoms with van der Waals surface area (Å²) in [4.78, 5) is 28.2. The predicted molar refractivity (Wildman–Crippen MR) is 109 cm³/mol. The maximum absolute atomic E-state index is 11.1. The summed E-state index contributed by atoms with van der Waals surface area (Å²) in [6.07, 6.45) is 6.78. The lowest BCUT2D eigenvalue weighted by Gasteiger charge is -2.34. The third-order valence-electron chi connectivity index (χ3n) is 5.68. The van der Waals surface area contributed by atoms with Gasteiger partial charge in [-0.1, -0.05) is 6.92 Å². The average molecular weight is 387 g/mol. The van der Waals surface area contributed by atoms with Gasteiger partial charge in [-0.05, 0) is 38.5 Å². The molecule has 0 unspecified atom stereocenters. The fraction of sp³-hybridized carbons (Fsp3) is 0.684. The van der Waals surface area contributed by atoms with Gasteiger partial charge in [-0.15, -0.1) is 0 Å². The Labute approximate surface area is 165 Å². The van der Waals surface area contributed by atoms with Crippen LogP contribution < -0.4 is 20.8 Å². The van der Waals surface area contributed by atoms with Crippen molar-refractivity contribution >= 4 is 11.8 Å². The number of aromatic nitrogens is 5. The lowest BCUT2D eigenvalue weighted by atomic mass is 10.0. The molecule has 0 bridgehead atoms. The molecule has 2 aliphatic rings. The monoisotopic (exact) mass is 386 g/mol. The summed E-state index contributed by atoms with van der Waals surface area (Å²) in [5.41, 5.74) is 0.861. The molecule has 9 nitrogen and oxygen atoms in total. The normalized spacial score (nSPS) is 18.6. The molecule has 0 amide bonds. The molecule has 28 heavy (non-hydrogen) atoms. The quantitative estimate of drug-likeness (QED) is 0.685. The van der Waals surface area contributed by atoms with E-state index < -0.39 is 0 Å². The molecule has 2 aromatic rings. The van der Waals surface area contributed by atoms with Gasteiger partial charge in [0.25, 0.3) is 0 Å². The molecule has 0 spiro atoms. The van der Waals surface area contributed by atoms with Crippen molar-refractivity contribution in [3.05, 3.63) is 28.1 Å². The van der Waals surface area contributed by atoms with E-state index in [4.69, 9.17) is 9.97 Å². The Balaban J connectivity index is 1.37. The molecule has 4 heterocycles. The van der Waals surface area contributed by atoms with Gasteiger partial charge < -0.3 is 15.1 Å². The number of anilines is 2. The van der Waals surface area contributed by atoms with Crippen LogP contribution in [0, 0.1) is 0 Å². The van der Waals surface area contributed by atoms with Crippen molar-refractivity contribution < 1.29 is 0 Å². The summed E-state index contributed by atoms with van der Waals surface area (Å²) in [5, 5.41) is 9.84. The largest absolute Gasteiger partial charge is 0.356 e. The Morgan fingerprint density at radius 1 is 1.11 bits per heavy atom. The Kier molecular flexibility index (Phi) is 5.90. The minimum atomic E-state index is -0.258. The topological polar surface area (TPSA) is 106 Å². The summed E-state index contributed by atoms with van der Waals surface area (Å²) in [6.45, 7) is 6.79. The molecular weight excluding hydrogens is 356 g/mol. The predicted octanol–water partition coefficient (Wildman–Crippen LogP) is 1.20. The first kappa shape index (κ1) is 18.9. The zero-order valence-corrected chi connectivity index (χ0v) is 16.6. The van der Waals surface area contributed by atoms with Gasteiger partial charge in [0.1, 0.15) is 11.6 Å². The molecule has 0 atom stereocenters. The second-order valence-electron chi connectivity index (χ2n) is 7.69. The number of hydrogen-bond acceptors (Lipinski definition) is 7. The molecule has 0 saturated carbocycles. The van der Waals surface area contributed by atoms with Crippen LogP contribution in [0.3, 0.4) is 0 Å². The van der Waals surface area contributed by atoms with Crippen LogP contribution in [0.25, 0.3) is 0 Å². The Hall–Kier alpha value is -2.42. The highest BCUT2D eigenvalue weighted by Gasteiger charge is 2.22. The van der Waals surface area contributed by atoms with Crippen LogP contribution in [0.2, 0.25) is 0 Å². The number of nitrogens with zero attached hydrogens (tertiary/aromatic N) is 5. The second-order valence-corrected chi connectivity index (χ2v) is 7.69. The minimum absolute atomic E-state index is 0.258. The van der Waals surface area contributed by atoms with E-state index in [1.165, 1.54) is 19.3 Å². The van der Waals surface area contributed by atoms with Crippen molar-refractivity contribution in [2.75, 3.05) is 36.0 Å². The summed E-state index contributed by atoms with van der Waals surface area (Å²) < 4.78 is 0. The third-order valence-corrected chi connectivity index (χ3v) is 5.68. The first-order chi connectivity index (χ1) is 13.7. The number of aryl methyl sites for hydroxylation is 1. The first-order valence-electron chi connectivity index (χ1n) is 10.5. The molecular formula is C19H30N8O. The molecule has 3 N–H and O–H groups in total. The Bertz CT molecular complexity index is 817. The highest BCUT2D eigenvalue weighted by atomic mass is 16.1. The molecule has 0 radical (unpaired) electrons. The van der Waals surface area contributed by atoms with Gasteiger partial charge in [0, 0.05) is 44.0 Å². The molecule has 4 rings (SSSR count). The molecule has 152 valence electrons. The SMILES string of the molecule is CCc1cc(N2CCC(NCc3n[nH]c(=O)[nH]3)CC2)nc(N2CCCCC2)n1. The number of hydrogen-bond donors (Lipinski definition) is 3. The summed E-state index contributed by atoms with van der Waals surface area (Å²) in [7, 11) is 0. The van der Waals surface area contributed by atoms with Crippen LogP contribution in [0.5, 0.6) is 0 Å². The smallest absolute Gasteiger partial charge is 0.340 e. The van der Waals surface area contributed by atoms with Crippen molar-refractivity contribution in [2.45, 2.75) is 58.0 Å². The molecule has 2 aliphatic heterocycles. The summed E-state index contributed by atoms with van der Waals surface area (Å²) in [6, 6.07) is 2.57. The van der Waals surface area contributed by atoms with E-state index in [1.54, 1.807) is 0 Å². The Morgan fingerprint density at radius 2 is 1.89 bits per heavy atom. The maximum Gasteiger partial charge on any atom is 0.340 e. The lowest BCUT2D eigenvalue weighted by Crippen LogP contribution is -2.43. The average Bonchev–Trinajstić information content (AvgIpc) is 3.18. The zero-order valence-electron chi connectivity index (χ0n) is 16.6. The molecule has 9 heteroatoms. The van der Waals surface area contributed by atoms with Crippen LogP contribution in [0.15, 0.2) is 10.9 Å². The van der Waals surface area contributed by atoms with Crippen molar-refractivity contribution in [1.29, 1.82) is 0 Å². The van der Waals surface area contributed by atoms with Gasteiger partial charge >= 0.3 is 5.69 Å². The number of nitrogens with one attached hydrogen (secondary N) is 3. The minimum Gasteiger partial charge on any atom is -0.356 e. The van der Waals surface area contributed by atoms with Crippen LogP contribution >= 0.6 is 0 Å². The van der Waals surface area contributed by atoms with E-state index in [-0.39, 0.29) is 5.69 Å². The second kappa shape index (κ2) is 8.72. The van der Waals surface area contributed by atoms with Gasteiger partial charge in [-0.25, -0.2) is 14.9 Å². The van der Waals surface area contributed by atoms with Crippen LogP contribution in [-0.4, -0.2) is 57.4 Å². The number of H-pyrrole nitrogens is 2. The molecule has 0 aromatic carbocycles. The van der Waals surface area contributed by atoms with Gasteiger partial charge in [-0.3, -0.25) is 4.98 Å². The van der Waals surface area contributed by atoms with Crippen LogP contribution in [-0.2, 0) is 13.0 Å². The van der Waals surface area contributed by atoms with Crippen molar-refractivity contribution in [2.24, 2.45) is 0 Å². The van der Waals surface area contributed by atoms with Crippen molar-refractivity contribution in [3.63, 3.8) is 0 Å². The standard InChI is InChI=1S/C19H30N8O/c1-2-14-12-17(23-18(21-14)27-8-4-3-5-9-27)26-10-6-15(7-11-26)20-13-16-22-19(28)25-24-16/h12,15,20H,2-11,13H2,1H3,(H2,22,24,25,28). The van der Waals surface area contributed by atoms with Crippen molar-refractivity contribution in [3.8, 4) is 0 Å². The molecule has 2 fully saturated rings. The van der Waals surface area contributed by atoms with E-state index >= 15 is 0 Å². The zero-order chi connectivity index (χ0) is 19.3. The number of rotatable bonds is 6. The van der Waals surface area contributed by atoms with E-state index in [1.807, 2.05) is 0 Å².